The standard InChI is InChI=1S/C19H21NO/c1-13-7-8-16-17(11-13)20-19(15-9-10-21-12-15)18(16)14-5-3-2-4-6-14/h7-12,14,20H,2-6H2,1H3. The number of aryl methyl sites for hydroxylation is 1. The molecule has 3 aromatic rings. The number of H-pyrrole nitrogens is 1. The molecule has 0 atom stereocenters. The van der Waals surface area contributed by atoms with Crippen molar-refractivity contribution < 1.29 is 4.42 Å². The minimum Gasteiger partial charge on any atom is -0.472 e. The number of hydrogen-bond acceptors (Lipinski definition) is 1. The fourth-order valence-corrected chi connectivity index (χ4v) is 3.78. The van der Waals surface area contributed by atoms with Crippen molar-refractivity contribution in [2.45, 2.75) is 44.9 Å². The van der Waals surface area contributed by atoms with Gasteiger partial charge in [0.15, 0.2) is 0 Å². The molecule has 1 N–H and O–H groups in total. The summed E-state index contributed by atoms with van der Waals surface area (Å²) in [5.41, 5.74) is 6.50. The zero-order valence-corrected chi connectivity index (χ0v) is 12.5. The molecule has 2 heterocycles. The maximum atomic E-state index is 5.31. The number of benzene rings is 1. The van der Waals surface area contributed by atoms with Gasteiger partial charge < -0.3 is 9.40 Å². The van der Waals surface area contributed by atoms with Crippen molar-refractivity contribution in [1.82, 2.24) is 4.98 Å². The largest absolute Gasteiger partial charge is 0.472 e. The first-order valence-corrected chi connectivity index (χ1v) is 7.98. The average Bonchev–Trinajstić information content (AvgIpc) is 3.14. The van der Waals surface area contributed by atoms with Crippen LogP contribution in [0.4, 0.5) is 0 Å². The molecule has 2 nitrogen and oxygen atoms in total. The molecule has 1 fully saturated rings. The Balaban J connectivity index is 1.93. The van der Waals surface area contributed by atoms with Gasteiger partial charge in [-0.25, -0.2) is 0 Å². The quantitative estimate of drug-likeness (QED) is 0.632. The number of aromatic amines is 1. The van der Waals surface area contributed by atoms with Crippen LogP contribution in [0, 0.1) is 6.92 Å². The Kier molecular flexibility index (Phi) is 3.10. The third-order valence-corrected chi connectivity index (χ3v) is 4.82. The van der Waals surface area contributed by atoms with E-state index in [1.165, 1.54) is 65.4 Å². The Morgan fingerprint density at radius 2 is 1.95 bits per heavy atom. The van der Waals surface area contributed by atoms with E-state index in [9.17, 15) is 0 Å². The van der Waals surface area contributed by atoms with Gasteiger partial charge in [-0.1, -0.05) is 31.4 Å². The Hall–Kier alpha value is -1.96. The summed E-state index contributed by atoms with van der Waals surface area (Å²) in [7, 11) is 0. The van der Waals surface area contributed by atoms with Gasteiger partial charge in [0.05, 0.1) is 18.2 Å². The van der Waals surface area contributed by atoms with E-state index in [2.05, 4.69) is 36.2 Å². The molecule has 0 radical (unpaired) electrons. The lowest BCUT2D eigenvalue weighted by atomic mass is 9.82. The molecule has 0 amide bonds. The molecule has 0 aliphatic heterocycles. The molecule has 0 spiro atoms. The second-order valence-corrected chi connectivity index (χ2v) is 6.31. The topological polar surface area (TPSA) is 28.9 Å². The molecular formula is C19H21NO. The summed E-state index contributed by atoms with van der Waals surface area (Å²) in [6.45, 7) is 2.15. The number of hydrogen-bond donors (Lipinski definition) is 1. The first-order chi connectivity index (χ1) is 10.3. The molecule has 1 aliphatic carbocycles. The summed E-state index contributed by atoms with van der Waals surface area (Å²) in [6.07, 6.45) is 10.3. The monoisotopic (exact) mass is 279 g/mol. The third-order valence-electron chi connectivity index (χ3n) is 4.82. The molecule has 2 heteroatoms. The van der Waals surface area contributed by atoms with Crippen molar-refractivity contribution in [2.75, 3.05) is 0 Å². The smallest absolute Gasteiger partial charge is 0.0995 e. The zero-order valence-electron chi connectivity index (χ0n) is 12.5. The van der Waals surface area contributed by atoms with Crippen LogP contribution in [-0.4, -0.2) is 4.98 Å². The molecule has 0 unspecified atom stereocenters. The summed E-state index contributed by atoms with van der Waals surface area (Å²) >= 11 is 0. The molecule has 0 saturated heterocycles. The Morgan fingerprint density at radius 1 is 1.10 bits per heavy atom. The van der Waals surface area contributed by atoms with E-state index in [1.807, 2.05) is 6.26 Å². The highest BCUT2D eigenvalue weighted by atomic mass is 16.3. The van der Waals surface area contributed by atoms with Gasteiger partial charge in [-0.05, 0) is 48.9 Å². The molecule has 1 saturated carbocycles. The normalized spacial score (nSPS) is 16.6. The van der Waals surface area contributed by atoms with Crippen molar-refractivity contribution in [3.05, 3.63) is 47.9 Å². The fraction of sp³-hybridized carbons (Fsp3) is 0.368. The molecule has 1 aliphatic rings. The van der Waals surface area contributed by atoms with Crippen LogP contribution in [0.5, 0.6) is 0 Å². The molecular weight excluding hydrogens is 258 g/mol. The van der Waals surface area contributed by atoms with Crippen LogP contribution in [0.15, 0.2) is 41.2 Å². The molecule has 108 valence electrons. The summed E-state index contributed by atoms with van der Waals surface area (Å²) in [5.74, 6) is 0.681. The van der Waals surface area contributed by atoms with Gasteiger partial charge in [0.2, 0.25) is 0 Å². The second kappa shape index (κ2) is 5.10. The van der Waals surface area contributed by atoms with E-state index in [0.717, 1.165) is 0 Å². The van der Waals surface area contributed by atoms with Crippen LogP contribution in [-0.2, 0) is 0 Å². The van der Waals surface area contributed by atoms with Gasteiger partial charge in [0.1, 0.15) is 0 Å². The summed E-state index contributed by atoms with van der Waals surface area (Å²) in [5, 5.41) is 1.39. The Morgan fingerprint density at radius 3 is 2.71 bits per heavy atom. The lowest BCUT2D eigenvalue weighted by Gasteiger charge is -2.22. The van der Waals surface area contributed by atoms with Gasteiger partial charge in [0.25, 0.3) is 0 Å². The molecule has 4 rings (SSSR count). The van der Waals surface area contributed by atoms with Gasteiger partial charge in [-0.15, -0.1) is 0 Å². The molecule has 1 aromatic carbocycles. The van der Waals surface area contributed by atoms with Gasteiger partial charge >= 0.3 is 0 Å². The van der Waals surface area contributed by atoms with E-state index in [4.69, 9.17) is 4.42 Å². The molecule has 0 bridgehead atoms. The molecule has 21 heavy (non-hydrogen) atoms. The van der Waals surface area contributed by atoms with E-state index in [-0.39, 0.29) is 0 Å². The number of rotatable bonds is 2. The van der Waals surface area contributed by atoms with Crippen molar-refractivity contribution in [3.63, 3.8) is 0 Å². The maximum Gasteiger partial charge on any atom is 0.0995 e. The fourth-order valence-electron chi connectivity index (χ4n) is 3.78. The van der Waals surface area contributed by atoms with Crippen molar-refractivity contribution >= 4 is 10.9 Å². The zero-order chi connectivity index (χ0) is 14.2. The number of aromatic nitrogens is 1. The van der Waals surface area contributed by atoms with Gasteiger partial charge in [-0.2, -0.15) is 0 Å². The third kappa shape index (κ3) is 2.19. The lowest BCUT2D eigenvalue weighted by Crippen LogP contribution is -2.05. The van der Waals surface area contributed by atoms with Crippen LogP contribution >= 0.6 is 0 Å². The highest BCUT2D eigenvalue weighted by molar-refractivity contribution is 5.91. The van der Waals surface area contributed by atoms with E-state index in [0.29, 0.717) is 5.92 Å². The summed E-state index contributed by atoms with van der Waals surface area (Å²) in [6, 6.07) is 8.82. The van der Waals surface area contributed by atoms with E-state index in [1.54, 1.807) is 6.26 Å². The Labute approximate surface area is 125 Å². The summed E-state index contributed by atoms with van der Waals surface area (Å²) in [4.78, 5) is 3.64. The predicted octanol–water partition coefficient (Wildman–Crippen LogP) is 5.78. The predicted molar refractivity (Wildman–Crippen MR) is 86.6 cm³/mol. The van der Waals surface area contributed by atoms with Gasteiger partial charge in [-0.3, -0.25) is 0 Å². The number of furan rings is 1. The highest BCUT2D eigenvalue weighted by Crippen LogP contribution is 2.42. The summed E-state index contributed by atoms with van der Waals surface area (Å²) < 4.78 is 5.31. The first-order valence-electron chi connectivity index (χ1n) is 7.98. The van der Waals surface area contributed by atoms with Crippen LogP contribution in [0.3, 0.4) is 0 Å². The SMILES string of the molecule is Cc1ccc2c(C3CCCCC3)c(-c3ccoc3)[nH]c2c1. The van der Waals surface area contributed by atoms with Gasteiger partial charge in [0, 0.05) is 16.5 Å². The van der Waals surface area contributed by atoms with Crippen LogP contribution in [0.2, 0.25) is 0 Å². The number of nitrogens with one attached hydrogen (secondary N) is 1. The second-order valence-electron chi connectivity index (χ2n) is 6.31. The van der Waals surface area contributed by atoms with Crippen molar-refractivity contribution in [1.29, 1.82) is 0 Å². The van der Waals surface area contributed by atoms with E-state index < -0.39 is 0 Å². The highest BCUT2D eigenvalue weighted by Gasteiger charge is 2.23. The first kappa shape index (κ1) is 12.8. The minimum absolute atomic E-state index is 0.681. The van der Waals surface area contributed by atoms with Crippen LogP contribution in [0.1, 0.15) is 49.1 Å². The maximum absolute atomic E-state index is 5.31. The number of fused-ring (bicyclic) bond motifs is 1. The Bertz CT molecular complexity index is 745. The van der Waals surface area contributed by atoms with Crippen molar-refractivity contribution in [3.8, 4) is 11.3 Å². The molecule has 2 aromatic heterocycles. The minimum atomic E-state index is 0.681. The van der Waals surface area contributed by atoms with Crippen LogP contribution in [0.25, 0.3) is 22.2 Å². The van der Waals surface area contributed by atoms with Crippen molar-refractivity contribution in [2.24, 2.45) is 0 Å². The average molecular weight is 279 g/mol. The van der Waals surface area contributed by atoms with E-state index >= 15 is 0 Å². The lowest BCUT2D eigenvalue weighted by molar-refractivity contribution is 0.446. The van der Waals surface area contributed by atoms with Crippen LogP contribution < -0.4 is 0 Å².